The number of rotatable bonds is 3. The van der Waals surface area contributed by atoms with Crippen LogP contribution in [0.1, 0.15) is 16.1 Å². The molecule has 2 N–H and O–H groups in total. The van der Waals surface area contributed by atoms with Crippen molar-refractivity contribution in [2.24, 2.45) is 0 Å². The Balaban J connectivity index is 2.36. The molecule has 0 saturated carbocycles. The molecule has 0 aliphatic carbocycles. The molecule has 0 bridgehead atoms. The van der Waals surface area contributed by atoms with Gasteiger partial charge >= 0.3 is 5.97 Å². The van der Waals surface area contributed by atoms with E-state index >= 15 is 0 Å². The molecule has 0 radical (unpaired) electrons. The molecule has 0 fully saturated rings. The van der Waals surface area contributed by atoms with E-state index in [1.165, 1.54) is 6.07 Å². The highest BCUT2D eigenvalue weighted by Gasteiger charge is 2.12. The minimum atomic E-state index is -1.17. The summed E-state index contributed by atoms with van der Waals surface area (Å²) in [4.78, 5) is 14.9. The van der Waals surface area contributed by atoms with E-state index in [0.29, 0.717) is 10.8 Å². The first-order chi connectivity index (χ1) is 8.99. The predicted octanol–water partition coefficient (Wildman–Crippen LogP) is 4.14. The van der Waals surface area contributed by atoms with Gasteiger partial charge in [-0.2, -0.15) is 0 Å². The topological polar surface area (TPSA) is 62.2 Å². The largest absolute Gasteiger partial charge is 0.476 e. The van der Waals surface area contributed by atoms with Gasteiger partial charge in [-0.1, -0.05) is 29.3 Å². The fraction of sp³-hybridized carbons (Fsp3) is 0.0769. The van der Waals surface area contributed by atoms with Crippen LogP contribution in [0.25, 0.3) is 0 Å². The van der Waals surface area contributed by atoms with Gasteiger partial charge in [-0.3, -0.25) is 0 Å². The summed E-state index contributed by atoms with van der Waals surface area (Å²) < 4.78 is 0. The fourth-order valence-corrected chi connectivity index (χ4v) is 1.90. The lowest BCUT2D eigenvalue weighted by Crippen LogP contribution is -2.04. The Morgan fingerprint density at radius 1 is 1.21 bits per heavy atom. The number of nitrogens with zero attached hydrogens (tertiary/aromatic N) is 1. The molecule has 0 atom stereocenters. The number of carboxylic acids is 1. The van der Waals surface area contributed by atoms with E-state index in [-0.39, 0.29) is 10.7 Å². The van der Waals surface area contributed by atoms with E-state index in [1.54, 1.807) is 18.2 Å². The molecule has 0 amide bonds. The molecule has 1 aromatic heterocycles. The summed E-state index contributed by atoms with van der Waals surface area (Å²) in [5, 5.41) is 12.7. The smallest absolute Gasteiger partial charge is 0.356 e. The van der Waals surface area contributed by atoms with Crippen molar-refractivity contribution in [3.05, 3.63) is 51.6 Å². The van der Waals surface area contributed by atoms with Gasteiger partial charge in [0, 0.05) is 10.7 Å². The molecule has 2 rings (SSSR count). The summed E-state index contributed by atoms with van der Waals surface area (Å²) >= 11 is 11.8. The zero-order chi connectivity index (χ0) is 14.0. The summed E-state index contributed by atoms with van der Waals surface area (Å²) in [7, 11) is 0. The van der Waals surface area contributed by atoms with Gasteiger partial charge < -0.3 is 10.4 Å². The van der Waals surface area contributed by atoms with Gasteiger partial charge in [0.1, 0.15) is 5.82 Å². The Bertz CT molecular complexity index is 645. The van der Waals surface area contributed by atoms with Crippen LogP contribution in [0.4, 0.5) is 11.5 Å². The van der Waals surface area contributed by atoms with Gasteiger partial charge in [-0.05, 0) is 36.8 Å². The van der Waals surface area contributed by atoms with E-state index in [2.05, 4.69) is 10.3 Å². The van der Waals surface area contributed by atoms with Gasteiger partial charge in [0.05, 0.1) is 5.02 Å². The van der Waals surface area contributed by atoms with Gasteiger partial charge in [-0.25, -0.2) is 9.78 Å². The second kappa shape index (κ2) is 5.47. The van der Waals surface area contributed by atoms with Crippen molar-refractivity contribution in [3.8, 4) is 0 Å². The minimum absolute atomic E-state index is 0.0980. The van der Waals surface area contributed by atoms with Crippen LogP contribution < -0.4 is 5.32 Å². The van der Waals surface area contributed by atoms with E-state index in [1.807, 2.05) is 13.0 Å². The summed E-state index contributed by atoms with van der Waals surface area (Å²) in [5.41, 5.74) is 1.43. The Labute approximate surface area is 120 Å². The molecule has 19 heavy (non-hydrogen) atoms. The molecule has 2 aromatic rings. The van der Waals surface area contributed by atoms with Gasteiger partial charge in [0.15, 0.2) is 5.69 Å². The third kappa shape index (κ3) is 2.97. The third-order valence-corrected chi connectivity index (χ3v) is 3.29. The molecule has 0 spiro atoms. The van der Waals surface area contributed by atoms with Gasteiger partial charge in [0.25, 0.3) is 0 Å². The van der Waals surface area contributed by atoms with Crippen LogP contribution in [0, 0.1) is 6.92 Å². The Hall–Kier alpha value is -1.78. The Kier molecular flexibility index (Phi) is 3.93. The molecule has 98 valence electrons. The van der Waals surface area contributed by atoms with E-state index in [9.17, 15) is 4.79 Å². The van der Waals surface area contributed by atoms with Crippen molar-refractivity contribution in [3.63, 3.8) is 0 Å². The number of halogens is 2. The SMILES string of the molecule is Cc1c(Cl)cccc1Nc1ccc(Cl)c(C(=O)O)n1. The number of pyridine rings is 1. The normalized spacial score (nSPS) is 10.3. The molecule has 1 heterocycles. The number of anilines is 2. The third-order valence-electron chi connectivity index (χ3n) is 2.58. The van der Waals surface area contributed by atoms with Crippen LogP contribution in [0.15, 0.2) is 30.3 Å². The molecular formula is C13H10Cl2N2O2. The number of carbonyl (C=O) groups is 1. The molecule has 0 aliphatic rings. The zero-order valence-electron chi connectivity index (χ0n) is 9.95. The average Bonchev–Trinajstić information content (AvgIpc) is 2.37. The Morgan fingerprint density at radius 3 is 2.63 bits per heavy atom. The number of aromatic carboxylic acids is 1. The second-order valence-electron chi connectivity index (χ2n) is 3.87. The molecule has 0 saturated heterocycles. The maximum atomic E-state index is 11.0. The molecule has 6 heteroatoms. The number of aromatic nitrogens is 1. The van der Waals surface area contributed by atoms with Crippen LogP contribution in [0.3, 0.4) is 0 Å². The summed E-state index contributed by atoms with van der Waals surface area (Å²) in [6.45, 7) is 1.86. The summed E-state index contributed by atoms with van der Waals surface area (Å²) in [6.07, 6.45) is 0. The number of nitrogens with one attached hydrogen (secondary N) is 1. The molecular weight excluding hydrogens is 287 g/mol. The van der Waals surface area contributed by atoms with Crippen molar-refractivity contribution in [2.75, 3.05) is 5.32 Å². The highest BCUT2D eigenvalue weighted by molar-refractivity contribution is 6.33. The van der Waals surface area contributed by atoms with Crippen molar-refractivity contribution >= 4 is 40.7 Å². The molecule has 0 aliphatic heterocycles. The van der Waals surface area contributed by atoms with Crippen LogP contribution >= 0.6 is 23.2 Å². The summed E-state index contributed by atoms with van der Waals surface area (Å²) in [5.74, 6) is -0.774. The van der Waals surface area contributed by atoms with Gasteiger partial charge in [0.2, 0.25) is 0 Å². The lowest BCUT2D eigenvalue weighted by atomic mass is 10.2. The van der Waals surface area contributed by atoms with Crippen LogP contribution in [0.2, 0.25) is 10.0 Å². The average molecular weight is 297 g/mol. The molecule has 1 aromatic carbocycles. The van der Waals surface area contributed by atoms with E-state index < -0.39 is 5.97 Å². The Morgan fingerprint density at radius 2 is 1.95 bits per heavy atom. The first kappa shape index (κ1) is 13.6. The van der Waals surface area contributed by atoms with E-state index in [0.717, 1.165) is 11.3 Å². The van der Waals surface area contributed by atoms with E-state index in [4.69, 9.17) is 28.3 Å². The van der Waals surface area contributed by atoms with Crippen LogP contribution in [-0.2, 0) is 0 Å². The molecule has 4 nitrogen and oxygen atoms in total. The number of benzene rings is 1. The van der Waals surface area contributed by atoms with Crippen LogP contribution in [0.5, 0.6) is 0 Å². The molecule has 0 unspecified atom stereocenters. The monoisotopic (exact) mass is 296 g/mol. The first-order valence-corrected chi connectivity index (χ1v) is 6.16. The maximum Gasteiger partial charge on any atom is 0.356 e. The first-order valence-electron chi connectivity index (χ1n) is 5.41. The minimum Gasteiger partial charge on any atom is -0.476 e. The van der Waals surface area contributed by atoms with Crippen LogP contribution in [-0.4, -0.2) is 16.1 Å². The predicted molar refractivity (Wildman–Crippen MR) is 75.7 cm³/mol. The fourth-order valence-electron chi connectivity index (χ4n) is 1.54. The zero-order valence-corrected chi connectivity index (χ0v) is 11.5. The highest BCUT2D eigenvalue weighted by atomic mass is 35.5. The highest BCUT2D eigenvalue weighted by Crippen LogP contribution is 2.26. The van der Waals surface area contributed by atoms with Crippen molar-refractivity contribution in [2.45, 2.75) is 6.92 Å². The maximum absolute atomic E-state index is 11.0. The number of hydrogen-bond donors (Lipinski definition) is 2. The van der Waals surface area contributed by atoms with Crippen molar-refractivity contribution < 1.29 is 9.90 Å². The quantitative estimate of drug-likeness (QED) is 0.893. The van der Waals surface area contributed by atoms with Crippen molar-refractivity contribution in [1.82, 2.24) is 4.98 Å². The lowest BCUT2D eigenvalue weighted by molar-refractivity contribution is 0.0691. The standard InChI is InChI=1S/C13H10Cl2N2O2/c1-7-8(14)3-2-4-10(7)16-11-6-5-9(15)12(17-11)13(18)19/h2-6H,1H3,(H,16,17)(H,18,19). The lowest BCUT2D eigenvalue weighted by Gasteiger charge is -2.10. The van der Waals surface area contributed by atoms with Crippen molar-refractivity contribution in [1.29, 1.82) is 0 Å². The number of hydrogen-bond acceptors (Lipinski definition) is 3. The second-order valence-corrected chi connectivity index (χ2v) is 4.68. The number of carboxylic acid groups (broad SMARTS) is 1. The summed E-state index contributed by atoms with van der Waals surface area (Å²) in [6, 6.07) is 8.50. The van der Waals surface area contributed by atoms with Gasteiger partial charge in [-0.15, -0.1) is 0 Å².